The molecule has 0 amide bonds. The average molecular weight is 770 g/mol. The molecule has 12 heteroatoms. The summed E-state index contributed by atoms with van der Waals surface area (Å²) in [5.74, 6) is -2.43. The van der Waals surface area contributed by atoms with Crippen molar-refractivity contribution < 1.29 is 47.5 Å². The Morgan fingerprint density at radius 2 is 1.06 bits per heavy atom. The van der Waals surface area contributed by atoms with Crippen molar-refractivity contribution in [2.24, 2.45) is 5.73 Å². The van der Waals surface area contributed by atoms with Crippen LogP contribution < -0.4 is 5.73 Å². The van der Waals surface area contributed by atoms with Gasteiger partial charge in [-0.3, -0.25) is 23.4 Å². The maximum atomic E-state index is 12.6. The van der Waals surface area contributed by atoms with Crippen LogP contribution in [0.5, 0.6) is 0 Å². The summed E-state index contributed by atoms with van der Waals surface area (Å²) < 4.78 is 32.6. The molecule has 0 aliphatic carbocycles. The first-order valence-electron chi connectivity index (χ1n) is 20.2. The number of phosphoric acid groups is 1. The molecule has 53 heavy (non-hydrogen) atoms. The maximum absolute atomic E-state index is 12.6. The second-order valence-corrected chi connectivity index (χ2v) is 14.8. The second kappa shape index (κ2) is 36.4. The summed E-state index contributed by atoms with van der Waals surface area (Å²) in [5.41, 5.74) is 5.32. The summed E-state index contributed by atoms with van der Waals surface area (Å²) in [6.07, 6.45) is 39.0. The van der Waals surface area contributed by atoms with Crippen LogP contribution in [0.1, 0.15) is 162 Å². The van der Waals surface area contributed by atoms with E-state index in [0.717, 1.165) is 77.0 Å². The monoisotopic (exact) mass is 769 g/mol. The first kappa shape index (κ1) is 50.4. The van der Waals surface area contributed by atoms with Crippen LogP contribution in [0.2, 0.25) is 0 Å². The van der Waals surface area contributed by atoms with E-state index in [4.69, 9.17) is 24.8 Å². The summed E-state index contributed by atoms with van der Waals surface area (Å²) in [5, 5.41) is 8.87. The number of carboxylic acid groups (broad SMARTS) is 1. The van der Waals surface area contributed by atoms with Gasteiger partial charge in [0.1, 0.15) is 12.6 Å². The van der Waals surface area contributed by atoms with Gasteiger partial charge in [-0.25, -0.2) is 4.57 Å². The van der Waals surface area contributed by atoms with Crippen molar-refractivity contribution in [3.05, 3.63) is 48.6 Å². The van der Waals surface area contributed by atoms with Crippen LogP contribution in [0.25, 0.3) is 0 Å². The van der Waals surface area contributed by atoms with Crippen molar-refractivity contribution in [3.63, 3.8) is 0 Å². The normalized spacial score (nSPS) is 14.3. The van der Waals surface area contributed by atoms with Crippen LogP contribution in [0.3, 0.4) is 0 Å². The van der Waals surface area contributed by atoms with E-state index in [2.05, 4.69) is 67.0 Å². The first-order chi connectivity index (χ1) is 25.6. The van der Waals surface area contributed by atoms with Crippen LogP contribution in [0.4, 0.5) is 0 Å². The molecule has 3 unspecified atom stereocenters. The van der Waals surface area contributed by atoms with Crippen molar-refractivity contribution in [3.8, 4) is 0 Å². The smallest absolute Gasteiger partial charge is 0.472 e. The molecule has 0 heterocycles. The number of ether oxygens (including phenoxy) is 2. The van der Waals surface area contributed by atoms with Crippen LogP contribution in [0, 0.1) is 0 Å². The van der Waals surface area contributed by atoms with Crippen LogP contribution in [-0.2, 0) is 37.5 Å². The van der Waals surface area contributed by atoms with Crippen molar-refractivity contribution in [1.82, 2.24) is 0 Å². The molecule has 0 spiro atoms. The van der Waals surface area contributed by atoms with E-state index in [-0.39, 0.29) is 19.4 Å². The Labute approximate surface area is 320 Å². The lowest BCUT2D eigenvalue weighted by Crippen LogP contribution is -2.34. The Morgan fingerprint density at radius 1 is 0.604 bits per heavy atom. The summed E-state index contributed by atoms with van der Waals surface area (Å²) in [6.45, 7) is 2.63. The number of unbranched alkanes of at least 4 members (excludes halogenated alkanes) is 15. The van der Waals surface area contributed by atoms with Gasteiger partial charge in [-0.15, -0.1) is 0 Å². The fraction of sp³-hybridized carbons (Fsp3) is 0.732. The number of carbonyl (C=O) groups excluding carboxylic acids is 2. The number of hydrogen-bond acceptors (Lipinski definition) is 9. The van der Waals surface area contributed by atoms with E-state index in [0.29, 0.717) is 12.8 Å². The zero-order chi connectivity index (χ0) is 39.3. The molecule has 0 saturated heterocycles. The molecule has 0 radical (unpaired) electrons. The standard InChI is InChI=1S/C41H72NO10P/c1-3-5-7-9-11-13-15-17-18-19-21-22-24-26-28-30-32-39(43)49-34-37(35-50-53(47,48)51-36-38(42)41(45)46)52-40(44)33-31-29-27-25-23-20-16-14-12-10-8-6-4-2/h6,8,12,14,18-20,23,37-38H,3-5,7,9-11,13,15-17,21-22,24-36,42H2,1-2H3,(H,45,46)(H,47,48)/b8-6-,14-12-,19-18-,23-20-. The molecule has 0 fully saturated rings. The van der Waals surface area contributed by atoms with Gasteiger partial charge in [-0.05, 0) is 70.6 Å². The molecule has 4 N–H and O–H groups in total. The number of allylic oxidation sites excluding steroid dienone is 8. The molecular formula is C41H72NO10P. The lowest BCUT2D eigenvalue weighted by molar-refractivity contribution is -0.161. The van der Waals surface area contributed by atoms with Crippen molar-refractivity contribution in [2.45, 2.75) is 174 Å². The molecule has 11 nitrogen and oxygen atoms in total. The predicted molar refractivity (Wildman–Crippen MR) is 212 cm³/mol. The van der Waals surface area contributed by atoms with Gasteiger partial charge in [0.15, 0.2) is 6.10 Å². The number of esters is 2. The van der Waals surface area contributed by atoms with Gasteiger partial charge >= 0.3 is 25.7 Å². The van der Waals surface area contributed by atoms with Crippen molar-refractivity contribution >= 4 is 25.7 Å². The van der Waals surface area contributed by atoms with Crippen LogP contribution >= 0.6 is 7.82 Å². The Morgan fingerprint density at radius 3 is 1.62 bits per heavy atom. The van der Waals surface area contributed by atoms with E-state index in [1.165, 1.54) is 44.9 Å². The topological polar surface area (TPSA) is 172 Å². The number of aliphatic carboxylic acids is 1. The average Bonchev–Trinajstić information content (AvgIpc) is 3.13. The molecule has 0 aromatic carbocycles. The fourth-order valence-corrected chi connectivity index (χ4v) is 5.91. The van der Waals surface area contributed by atoms with E-state index in [1.54, 1.807) is 0 Å². The minimum absolute atomic E-state index is 0.123. The first-order valence-corrected chi connectivity index (χ1v) is 21.7. The van der Waals surface area contributed by atoms with Gasteiger partial charge in [0.25, 0.3) is 0 Å². The molecule has 0 aromatic rings. The molecule has 306 valence electrons. The largest absolute Gasteiger partial charge is 0.480 e. The van der Waals surface area contributed by atoms with Gasteiger partial charge in [0, 0.05) is 12.8 Å². The Balaban J connectivity index is 4.45. The van der Waals surface area contributed by atoms with Gasteiger partial charge in [-0.2, -0.15) is 0 Å². The molecule has 0 saturated carbocycles. The quantitative estimate of drug-likeness (QED) is 0.0238. The lowest BCUT2D eigenvalue weighted by Gasteiger charge is -2.20. The molecule has 0 aromatic heterocycles. The Bertz CT molecular complexity index is 1090. The molecule has 0 bridgehead atoms. The van der Waals surface area contributed by atoms with Crippen LogP contribution in [-0.4, -0.2) is 59.9 Å². The third-order valence-electron chi connectivity index (χ3n) is 8.31. The number of rotatable bonds is 37. The molecule has 0 rings (SSSR count). The highest BCUT2D eigenvalue weighted by Gasteiger charge is 2.28. The number of carboxylic acids is 1. The molecule has 0 aliphatic heterocycles. The van der Waals surface area contributed by atoms with Crippen LogP contribution in [0.15, 0.2) is 48.6 Å². The Hall–Kier alpha value is -2.56. The van der Waals surface area contributed by atoms with Crippen molar-refractivity contribution in [2.75, 3.05) is 19.8 Å². The Kier molecular flexibility index (Phi) is 34.7. The number of phosphoric ester groups is 1. The van der Waals surface area contributed by atoms with E-state index < -0.39 is 51.1 Å². The highest BCUT2D eigenvalue weighted by Crippen LogP contribution is 2.43. The predicted octanol–water partition coefficient (Wildman–Crippen LogP) is 10.2. The van der Waals surface area contributed by atoms with Gasteiger partial charge in [0.2, 0.25) is 0 Å². The SMILES string of the molecule is CC/C=C\C/C=C\C/C=C\CCCCCC(=O)OC(COC(=O)CCCCCCC/C=C\CCCCCCCCC)COP(=O)(O)OCC(N)C(=O)O. The zero-order valence-electron chi connectivity index (χ0n) is 32.8. The second-order valence-electron chi connectivity index (χ2n) is 13.4. The number of carbonyl (C=O) groups is 3. The van der Waals surface area contributed by atoms with E-state index >= 15 is 0 Å². The highest BCUT2D eigenvalue weighted by atomic mass is 31.2. The summed E-state index contributed by atoms with van der Waals surface area (Å²) in [4.78, 5) is 45.8. The maximum Gasteiger partial charge on any atom is 0.472 e. The fourth-order valence-electron chi connectivity index (χ4n) is 5.13. The third kappa shape index (κ3) is 36.2. The molecule has 3 atom stereocenters. The summed E-state index contributed by atoms with van der Waals surface area (Å²) in [7, 11) is -4.72. The van der Waals surface area contributed by atoms with Gasteiger partial charge in [-0.1, -0.05) is 127 Å². The minimum Gasteiger partial charge on any atom is -0.480 e. The summed E-state index contributed by atoms with van der Waals surface area (Å²) in [6, 6.07) is -1.53. The van der Waals surface area contributed by atoms with Gasteiger partial charge in [0.05, 0.1) is 13.2 Å². The molecular weight excluding hydrogens is 697 g/mol. The number of hydrogen-bond donors (Lipinski definition) is 3. The minimum atomic E-state index is -4.72. The number of nitrogens with two attached hydrogens (primary N) is 1. The summed E-state index contributed by atoms with van der Waals surface area (Å²) >= 11 is 0. The van der Waals surface area contributed by atoms with E-state index in [9.17, 15) is 23.8 Å². The highest BCUT2D eigenvalue weighted by molar-refractivity contribution is 7.47. The zero-order valence-corrected chi connectivity index (χ0v) is 33.7. The molecule has 0 aliphatic rings. The lowest BCUT2D eigenvalue weighted by atomic mass is 10.1. The third-order valence-corrected chi connectivity index (χ3v) is 9.26. The van der Waals surface area contributed by atoms with Gasteiger partial charge < -0.3 is 25.2 Å². The van der Waals surface area contributed by atoms with E-state index in [1.807, 2.05) is 0 Å². The van der Waals surface area contributed by atoms with Crippen molar-refractivity contribution in [1.29, 1.82) is 0 Å².